The van der Waals surface area contributed by atoms with Crippen molar-refractivity contribution in [2.75, 3.05) is 32.7 Å². The summed E-state index contributed by atoms with van der Waals surface area (Å²) in [6.45, 7) is 23.1. The predicted octanol–water partition coefficient (Wildman–Crippen LogP) is 9.26. The molecule has 0 spiro atoms. The lowest BCUT2D eigenvalue weighted by Crippen LogP contribution is -2.45. The molecule has 2 atom stereocenters. The molecule has 1 aliphatic heterocycles. The highest BCUT2D eigenvalue weighted by molar-refractivity contribution is 6.06. The summed E-state index contributed by atoms with van der Waals surface area (Å²) in [6, 6.07) is 17.8. The second kappa shape index (κ2) is 18.5. The maximum absolute atomic E-state index is 14.1. The quantitative estimate of drug-likeness (QED) is 0.177. The van der Waals surface area contributed by atoms with E-state index >= 15 is 0 Å². The van der Waals surface area contributed by atoms with Crippen molar-refractivity contribution in [1.82, 2.24) is 14.8 Å². The summed E-state index contributed by atoms with van der Waals surface area (Å²) in [7, 11) is 0. The Labute approximate surface area is 291 Å². The van der Waals surface area contributed by atoms with Crippen LogP contribution in [0.25, 0.3) is 5.57 Å². The molecule has 264 valence electrons. The van der Waals surface area contributed by atoms with E-state index in [0.717, 1.165) is 55.3 Å². The third kappa shape index (κ3) is 10.9. The molecular formula is C40H52F3N5O. The van der Waals surface area contributed by atoms with Gasteiger partial charge in [-0.15, -0.1) is 0 Å². The molecule has 1 saturated carbocycles. The number of aliphatic imine (C=N–C) groups is 1. The number of carbonyl (C=O) groups is 1. The number of allylic oxidation sites excluding steroid dienone is 6. The van der Waals surface area contributed by atoms with Crippen molar-refractivity contribution in [3.8, 4) is 0 Å². The van der Waals surface area contributed by atoms with E-state index in [1.165, 1.54) is 18.6 Å². The fraction of sp³-hybridized carbons (Fsp3) is 0.425. The van der Waals surface area contributed by atoms with Crippen LogP contribution < -0.4 is 0 Å². The fourth-order valence-electron chi connectivity index (χ4n) is 5.74. The first kappa shape index (κ1) is 39.2. The fourth-order valence-corrected chi connectivity index (χ4v) is 5.74. The minimum absolute atomic E-state index is 0.0593. The van der Waals surface area contributed by atoms with Crippen LogP contribution in [0, 0.1) is 5.92 Å². The van der Waals surface area contributed by atoms with E-state index in [1.807, 2.05) is 68.1 Å². The van der Waals surface area contributed by atoms with Crippen molar-refractivity contribution in [2.45, 2.75) is 73.0 Å². The van der Waals surface area contributed by atoms with E-state index in [1.54, 1.807) is 5.01 Å². The normalized spacial score (nSPS) is 17.8. The second-order valence-corrected chi connectivity index (χ2v) is 11.9. The lowest BCUT2D eigenvalue weighted by atomic mass is 10.0. The van der Waals surface area contributed by atoms with Crippen LogP contribution in [0.15, 0.2) is 107 Å². The maximum atomic E-state index is 14.1. The molecule has 1 amide bonds. The minimum atomic E-state index is -4.42. The van der Waals surface area contributed by atoms with Crippen molar-refractivity contribution in [2.24, 2.45) is 16.0 Å². The third-order valence-corrected chi connectivity index (χ3v) is 8.79. The Bertz CT molecular complexity index is 1540. The number of carbonyl (C=O) groups excluding carboxylic acids is 1. The highest BCUT2D eigenvalue weighted by atomic mass is 19.4. The zero-order chi connectivity index (χ0) is 36.1. The van der Waals surface area contributed by atoms with E-state index in [9.17, 15) is 18.0 Å². The van der Waals surface area contributed by atoms with E-state index in [0.29, 0.717) is 42.3 Å². The Morgan fingerprint density at radius 2 is 1.63 bits per heavy atom. The van der Waals surface area contributed by atoms with Gasteiger partial charge in [0, 0.05) is 25.6 Å². The Hall–Kier alpha value is -4.24. The first-order valence-electron chi connectivity index (χ1n) is 17.4. The number of amidine groups is 1. The lowest BCUT2D eigenvalue weighted by Gasteiger charge is -2.31. The number of hydrogen-bond donors (Lipinski definition) is 0. The Balaban J connectivity index is 0.00000319. The molecular weight excluding hydrogens is 623 g/mol. The molecule has 6 nitrogen and oxygen atoms in total. The number of likely N-dealkylation sites (N-methyl/N-ethyl adjacent to an activating group) is 1. The van der Waals surface area contributed by atoms with Gasteiger partial charge in [0.25, 0.3) is 0 Å². The summed E-state index contributed by atoms with van der Waals surface area (Å²) in [5, 5.41) is 6.65. The standard InChI is InChI=1S/C38H46F3N5O.C2H6/c1-7-32(38(39,40)41)21-16-27(5)30-19-17-29(18-20-30)25-45(23-22-44(9-3)10-4)36(47)26-46-37(42-28(6)35(8-2)43-46)34-24-33(34)31-14-12-11-13-15-31;1-2/h7,11-21,33-34H,5-6,8-10,22-26H2,1-4H3;1-2H3/b21-16-,32-7+;. The smallest absolute Gasteiger partial charge is 0.335 e. The van der Waals surface area contributed by atoms with Crippen LogP contribution in [-0.4, -0.2) is 71.2 Å². The van der Waals surface area contributed by atoms with Crippen LogP contribution in [0.5, 0.6) is 0 Å². The lowest BCUT2D eigenvalue weighted by molar-refractivity contribution is -0.132. The average Bonchev–Trinajstić information content (AvgIpc) is 3.91. The van der Waals surface area contributed by atoms with Crippen LogP contribution >= 0.6 is 0 Å². The largest absolute Gasteiger partial charge is 0.416 e. The van der Waals surface area contributed by atoms with Crippen molar-refractivity contribution in [3.63, 3.8) is 0 Å². The summed E-state index contributed by atoms with van der Waals surface area (Å²) in [4.78, 5) is 23.1. The summed E-state index contributed by atoms with van der Waals surface area (Å²) in [6.07, 6.45) is 0.634. The molecule has 2 unspecified atom stereocenters. The molecule has 0 radical (unpaired) electrons. The first-order valence-corrected chi connectivity index (χ1v) is 17.4. The van der Waals surface area contributed by atoms with Crippen LogP contribution in [0.3, 0.4) is 0 Å². The highest BCUT2D eigenvalue weighted by Gasteiger charge is 2.45. The number of alkyl halides is 3. The zero-order valence-electron chi connectivity index (χ0n) is 29.9. The van der Waals surface area contributed by atoms with Crippen molar-refractivity contribution >= 4 is 23.0 Å². The van der Waals surface area contributed by atoms with Gasteiger partial charge in [0.05, 0.1) is 17.0 Å². The Morgan fingerprint density at radius 1 is 0.980 bits per heavy atom. The summed E-state index contributed by atoms with van der Waals surface area (Å²) < 4.78 is 39.4. The van der Waals surface area contributed by atoms with Gasteiger partial charge in [0.15, 0.2) is 0 Å². The molecule has 1 aliphatic carbocycles. The summed E-state index contributed by atoms with van der Waals surface area (Å²) in [5.74, 6) is 1.23. The average molecular weight is 676 g/mol. The zero-order valence-corrected chi connectivity index (χ0v) is 29.9. The van der Waals surface area contributed by atoms with Gasteiger partial charge in [-0.1, -0.05) is 115 Å². The number of amides is 1. The molecule has 0 N–H and O–H groups in total. The molecule has 2 aliphatic rings. The number of halogens is 3. The van der Waals surface area contributed by atoms with Gasteiger partial charge in [-0.05, 0) is 67.1 Å². The first-order chi connectivity index (χ1) is 23.5. The van der Waals surface area contributed by atoms with E-state index in [-0.39, 0.29) is 18.4 Å². The van der Waals surface area contributed by atoms with Crippen molar-refractivity contribution < 1.29 is 18.0 Å². The van der Waals surface area contributed by atoms with Gasteiger partial charge >= 0.3 is 6.18 Å². The van der Waals surface area contributed by atoms with Crippen LogP contribution in [0.1, 0.15) is 77.0 Å². The summed E-state index contributed by atoms with van der Waals surface area (Å²) in [5.41, 5.74) is 4.04. The molecule has 4 rings (SSSR count). The van der Waals surface area contributed by atoms with E-state index in [2.05, 4.69) is 44.0 Å². The van der Waals surface area contributed by atoms with E-state index in [4.69, 9.17) is 10.1 Å². The number of hydrogen-bond acceptors (Lipinski definition) is 5. The van der Waals surface area contributed by atoms with Gasteiger partial charge in [-0.25, -0.2) is 10.0 Å². The van der Waals surface area contributed by atoms with Crippen molar-refractivity contribution in [1.29, 1.82) is 0 Å². The molecule has 0 saturated heterocycles. The van der Waals surface area contributed by atoms with Gasteiger partial charge < -0.3 is 9.80 Å². The monoisotopic (exact) mass is 675 g/mol. The molecule has 9 heteroatoms. The highest BCUT2D eigenvalue weighted by Crippen LogP contribution is 2.49. The Morgan fingerprint density at radius 3 is 2.20 bits per heavy atom. The number of nitrogens with zero attached hydrogens (tertiary/aromatic N) is 5. The summed E-state index contributed by atoms with van der Waals surface area (Å²) >= 11 is 0. The van der Waals surface area contributed by atoms with Gasteiger partial charge in [0.1, 0.15) is 12.4 Å². The molecule has 1 heterocycles. The molecule has 0 aromatic heterocycles. The van der Waals surface area contributed by atoms with Crippen molar-refractivity contribution in [3.05, 3.63) is 114 Å². The van der Waals surface area contributed by atoms with Gasteiger partial charge in [-0.3, -0.25) is 4.79 Å². The number of rotatable bonds is 15. The van der Waals surface area contributed by atoms with Crippen LogP contribution in [0.2, 0.25) is 0 Å². The topological polar surface area (TPSA) is 51.5 Å². The SMILES string of the molecule is C=C1N=C(C2CC2c2ccccc2)N(CC(=O)N(CCN(CC)CC)Cc2ccc(C(=C)/C=C\C(=C/C)C(F)(F)F)cc2)N=C1CC.CC. The Kier molecular flexibility index (Phi) is 14.8. The van der Waals surface area contributed by atoms with Gasteiger partial charge in [-0.2, -0.15) is 18.3 Å². The third-order valence-electron chi connectivity index (χ3n) is 8.79. The van der Waals surface area contributed by atoms with E-state index < -0.39 is 11.7 Å². The molecule has 1 fully saturated rings. The predicted molar refractivity (Wildman–Crippen MR) is 197 cm³/mol. The van der Waals surface area contributed by atoms with Crippen LogP contribution in [-0.2, 0) is 11.3 Å². The van der Waals surface area contributed by atoms with Crippen LogP contribution in [0.4, 0.5) is 13.2 Å². The molecule has 49 heavy (non-hydrogen) atoms. The second-order valence-electron chi connectivity index (χ2n) is 11.9. The van der Waals surface area contributed by atoms with Gasteiger partial charge in [0.2, 0.25) is 5.91 Å². The minimum Gasteiger partial charge on any atom is -0.335 e. The number of benzene rings is 2. The number of hydrazone groups is 1. The molecule has 2 aromatic carbocycles. The molecule has 2 aromatic rings. The molecule has 0 bridgehead atoms. The maximum Gasteiger partial charge on any atom is 0.416 e.